The van der Waals surface area contributed by atoms with Crippen LogP contribution in [-0.2, 0) is 9.53 Å². The number of allylic oxidation sites excluding steroid dienone is 1. The first-order chi connectivity index (χ1) is 13.0. The van der Waals surface area contributed by atoms with Gasteiger partial charge in [0.2, 0.25) is 5.95 Å². The van der Waals surface area contributed by atoms with Gasteiger partial charge in [0.25, 0.3) is 0 Å². The molecular weight excluding hydrogens is 345 g/mol. The minimum atomic E-state index is -0.532. The van der Waals surface area contributed by atoms with Crippen molar-refractivity contribution in [2.24, 2.45) is 0 Å². The van der Waals surface area contributed by atoms with Crippen LogP contribution in [0.5, 0.6) is 0 Å². The fourth-order valence-corrected chi connectivity index (χ4v) is 3.50. The number of nitrogens with one attached hydrogen (secondary N) is 1. The van der Waals surface area contributed by atoms with Crippen LogP contribution in [0.1, 0.15) is 32.4 Å². The number of ether oxygens (including phenoxy) is 1. The molecule has 0 unspecified atom stereocenters. The fraction of sp³-hybridized carbons (Fsp3) is 0.238. The van der Waals surface area contributed by atoms with E-state index in [9.17, 15) is 9.18 Å². The third-order valence-corrected chi connectivity index (χ3v) is 4.56. The van der Waals surface area contributed by atoms with Crippen LogP contribution in [0.2, 0.25) is 0 Å². The summed E-state index contributed by atoms with van der Waals surface area (Å²) in [5, 5.41) is 3.20. The maximum atomic E-state index is 14.0. The van der Waals surface area contributed by atoms with E-state index in [4.69, 9.17) is 4.74 Å². The molecule has 1 aliphatic heterocycles. The molecule has 27 heavy (non-hydrogen) atoms. The second kappa shape index (κ2) is 6.54. The third-order valence-electron chi connectivity index (χ3n) is 4.56. The van der Waals surface area contributed by atoms with Gasteiger partial charge in [0.15, 0.2) is 0 Å². The Labute approximate surface area is 156 Å². The zero-order valence-electron chi connectivity index (χ0n) is 15.4. The van der Waals surface area contributed by atoms with E-state index in [0.717, 1.165) is 11.0 Å². The van der Waals surface area contributed by atoms with Gasteiger partial charge in [0.05, 0.1) is 28.8 Å². The van der Waals surface area contributed by atoms with Gasteiger partial charge in [-0.2, -0.15) is 0 Å². The lowest BCUT2D eigenvalue weighted by molar-refractivity contribution is -0.143. The van der Waals surface area contributed by atoms with E-state index in [-0.39, 0.29) is 11.9 Å². The SMILES string of the molecule is CC1=C(C(=O)OC(C)C)[C@H](c2cccc(F)c2)n2c(nc3ccccc32)N1. The minimum Gasteiger partial charge on any atom is -0.459 e. The van der Waals surface area contributed by atoms with Crippen molar-refractivity contribution in [2.75, 3.05) is 5.32 Å². The lowest BCUT2D eigenvalue weighted by Gasteiger charge is -2.30. The quantitative estimate of drug-likeness (QED) is 0.698. The molecule has 1 N–H and O–H groups in total. The molecule has 5 nitrogen and oxygen atoms in total. The molecule has 0 saturated carbocycles. The molecule has 0 spiro atoms. The Bertz CT molecular complexity index is 1070. The monoisotopic (exact) mass is 365 g/mol. The number of carbonyl (C=O) groups is 1. The highest BCUT2D eigenvalue weighted by molar-refractivity contribution is 5.94. The van der Waals surface area contributed by atoms with Gasteiger partial charge in [0, 0.05) is 5.70 Å². The predicted molar refractivity (Wildman–Crippen MR) is 102 cm³/mol. The molecule has 138 valence electrons. The number of fused-ring (bicyclic) bond motifs is 3. The summed E-state index contributed by atoms with van der Waals surface area (Å²) in [5.41, 5.74) is 3.42. The summed E-state index contributed by atoms with van der Waals surface area (Å²) >= 11 is 0. The molecular formula is C21H20FN3O2. The van der Waals surface area contributed by atoms with Crippen molar-refractivity contribution in [3.63, 3.8) is 0 Å². The Kier molecular flexibility index (Phi) is 4.18. The number of hydrogen-bond donors (Lipinski definition) is 1. The van der Waals surface area contributed by atoms with Crippen LogP contribution in [0.3, 0.4) is 0 Å². The molecule has 2 heterocycles. The number of benzene rings is 2. The molecule has 2 aromatic carbocycles. The number of halogens is 1. The average Bonchev–Trinajstić information content (AvgIpc) is 2.97. The summed E-state index contributed by atoms with van der Waals surface area (Å²) in [7, 11) is 0. The number of aromatic nitrogens is 2. The Morgan fingerprint density at radius 3 is 2.74 bits per heavy atom. The summed E-state index contributed by atoms with van der Waals surface area (Å²) in [6, 6.07) is 13.4. The van der Waals surface area contributed by atoms with E-state index in [1.54, 1.807) is 19.9 Å². The topological polar surface area (TPSA) is 56.2 Å². The van der Waals surface area contributed by atoms with Gasteiger partial charge >= 0.3 is 5.97 Å². The number of para-hydroxylation sites is 2. The second-order valence-corrected chi connectivity index (χ2v) is 6.87. The molecule has 0 amide bonds. The molecule has 0 bridgehead atoms. The van der Waals surface area contributed by atoms with Crippen molar-refractivity contribution in [2.45, 2.75) is 32.9 Å². The van der Waals surface area contributed by atoms with Crippen LogP contribution in [0.15, 0.2) is 59.8 Å². The fourth-order valence-electron chi connectivity index (χ4n) is 3.50. The van der Waals surface area contributed by atoms with Gasteiger partial charge in [-0.25, -0.2) is 14.2 Å². The molecule has 0 aliphatic carbocycles. The summed E-state index contributed by atoms with van der Waals surface area (Å²) in [6.07, 6.45) is -0.258. The normalized spacial score (nSPS) is 16.4. The standard InChI is InChI=1S/C21H20FN3O2/c1-12(2)27-20(26)18-13(3)23-21-24-16-9-4-5-10-17(16)25(21)19(18)14-7-6-8-15(22)11-14/h4-12,19H,1-3H3,(H,23,24)/t19-/m0/s1. The molecule has 4 rings (SSSR count). The van der Waals surface area contributed by atoms with Crippen LogP contribution in [-0.4, -0.2) is 21.6 Å². The zero-order valence-corrected chi connectivity index (χ0v) is 15.4. The van der Waals surface area contributed by atoms with Crippen LogP contribution >= 0.6 is 0 Å². The summed E-state index contributed by atoms with van der Waals surface area (Å²) in [4.78, 5) is 17.5. The highest BCUT2D eigenvalue weighted by atomic mass is 19.1. The number of esters is 1. The summed E-state index contributed by atoms with van der Waals surface area (Å²) < 4.78 is 21.4. The lowest BCUT2D eigenvalue weighted by atomic mass is 9.95. The van der Waals surface area contributed by atoms with Crippen LogP contribution in [0.4, 0.5) is 10.3 Å². The Morgan fingerprint density at radius 1 is 1.22 bits per heavy atom. The van der Waals surface area contributed by atoms with Gasteiger partial charge in [-0.05, 0) is 50.6 Å². The Balaban J connectivity index is 1.97. The van der Waals surface area contributed by atoms with Crippen LogP contribution < -0.4 is 5.32 Å². The summed E-state index contributed by atoms with van der Waals surface area (Å²) in [6.45, 7) is 5.42. The molecule has 1 atom stereocenters. The number of imidazole rings is 1. The molecule has 3 aromatic rings. The van der Waals surface area contributed by atoms with Crippen molar-refractivity contribution in [3.8, 4) is 0 Å². The van der Waals surface area contributed by atoms with E-state index in [1.807, 2.05) is 41.8 Å². The van der Waals surface area contributed by atoms with E-state index >= 15 is 0 Å². The Morgan fingerprint density at radius 2 is 2.00 bits per heavy atom. The maximum absolute atomic E-state index is 14.0. The number of rotatable bonds is 3. The highest BCUT2D eigenvalue weighted by Gasteiger charge is 2.35. The number of anilines is 1. The zero-order chi connectivity index (χ0) is 19.1. The van der Waals surface area contributed by atoms with E-state index in [0.29, 0.717) is 22.8 Å². The van der Waals surface area contributed by atoms with Gasteiger partial charge in [-0.3, -0.25) is 4.57 Å². The van der Waals surface area contributed by atoms with Crippen molar-refractivity contribution < 1.29 is 13.9 Å². The molecule has 1 aromatic heterocycles. The lowest BCUT2D eigenvalue weighted by Crippen LogP contribution is -2.30. The highest BCUT2D eigenvalue weighted by Crippen LogP contribution is 2.39. The smallest absolute Gasteiger partial charge is 0.338 e. The van der Waals surface area contributed by atoms with E-state index in [1.165, 1.54) is 12.1 Å². The van der Waals surface area contributed by atoms with Gasteiger partial charge < -0.3 is 10.1 Å². The largest absolute Gasteiger partial charge is 0.459 e. The predicted octanol–water partition coefficient (Wildman–Crippen LogP) is 4.42. The van der Waals surface area contributed by atoms with E-state index in [2.05, 4.69) is 10.3 Å². The van der Waals surface area contributed by atoms with Crippen LogP contribution in [0, 0.1) is 5.82 Å². The first kappa shape index (κ1) is 17.3. The van der Waals surface area contributed by atoms with Crippen molar-refractivity contribution in [1.82, 2.24) is 9.55 Å². The first-order valence-corrected chi connectivity index (χ1v) is 8.87. The van der Waals surface area contributed by atoms with Gasteiger partial charge in [-0.15, -0.1) is 0 Å². The van der Waals surface area contributed by atoms with Crippen molar-refractivity contribution in [1.29, 1.82) is 0 Å². The van der Waals surface area contributed by atoms with Crippen molar-refractivity contribution >= 4 is 23.0 Å². The average molecular weight is 365 g/mol. The first-order valence-electron chi connectivity index (χ1n) is 8.87. The molecule has 0 radical (unpaired) electrons. The van der Waals surface area contributed by atoms with Crippen LogP contribution in [0.25, 0.3) is 11.0 Å². The maximum Gasteiger partial charge on any atom is 0.338 e. The van der Waals surface area contributed by atoms with E-state index < -0.39 is 12.0 Å². The number of carbonyl (C=O) groups excluding carboxylic acids is 1. The van der Waals surface area contributed by atoms with Gasteiger partial charge in [0.1, 0.15) is 5.82 Å². The van der Waals surface area contributed by atoms with Crippen molar-refractivity contribution in [3.05, 3.63) is 71.2 Å². The molecule has 0 saturated heterocycles. The number of nitrogens with zero attached hydrogens (tertiary/aromatic N) is 2. The third kappa shape index (κ3) is 2.97. The summed E-state index contributed by atoms with van der Waals surface area (Å²) in [5.74, 6) is -0.164. The molecule has 1 aliphatic rings. The van der Waals surface area contributed by atoms with Gasteiger partial charge in [-0.1, -0.05) is 24.3 Å². The number of hydrogen-bond acceptors (Lipinski definition) is 4. The molecule has 0 fully saturated rings. The second-order valence-electron chi connectivity index (χ2n) is 6.87. The minimum absolute atomic E-state index is 0.258. The molecule has 6 heteroatoms. The Hall–Kier alpha value is -3.15.